The fourth-order valence-electron chi connectivity index (χ4n) is 3.46. The lowest BCUT2D eigenvalue weighted by molar-refractivity contribution is -0.137. The van der Waals surface area contributed by atoms with Crippen molar-refractivity contribution < 1.29 is 19.2 Å². The fourth-order valence-corrected chi connectivity index (χ4v) is 4.99. The van der Waals surface area contributed by atoms with Crippen molar-refractivity contribution in [2.24, 2.45) is 0 Å². The molecule has 35 heavy (non-hydrogen) atoms. The maximum Gasteiger partial charge on any atom is 0.308 e. The minimum absolute atomic E-state index is 0.332. The number of carbonyl (C=O) groups is 2. The van der Waals surface area contributed by atoms with Gasteiger partial charge in [-0.2, -0.15) is 0 Å². The second-order valence-corrected chi connectivity index (χ2v) is 9.15. The van der Waals surface area contributed by atoms with Gasteiger partial charge >= 0.3 is 5.97 Å². The quantitative estimate of drug-likeness (QED) is 0.290. The van der Waals surface area contributed by atoms with Gasteiger partial charge in [0.2, 0.25) is 0 Å². The number of anilines is 3. The van der Waals surface area contributed by atoms with E-state index in [1.165, 1.54) is 6.20 Å². The van der Waals surface area contributed by atoms with Crippen LogP contribution in [0.5, 0.6) is 0 Å². The summed E-state index contributed by atoms with van der Waals surface area (Å²) in [7, 11) is 0. The van der Waals surface area contributed by atoms with E-state index in [1.54, 1.807) is 67.0 Å². The average Bonchev–Trinajstić information content (AvgIpc) is 2.88. The van der Waals surface area contributed by atoms with Gasteiger partial charge in [-0.3, -0.25) is 14.6 Å². The number of hydrogen-bond acceptors (Lipinski definition) is 6. The van der Waals surface area contributed by atoms with Crippen molar-refractivity contribution in [2.75, 3.05) is 10.6 Å². The number of nitrogens with one attached hydrogen (secondary N) is 2. The molecule has 2 heterocycles. The highest BCUT2D eigenvalue weighted by Crippen LogP contribution is 2.35. The van der Waals surface area contributed by atoms with Crippen LogP contribution in [-0.2, 0) is 16.0 Å². The topological polar surface area (TPSA) is 127 Å². The lowest BCUT2D eigenvalue weighted by Gasteiger charge is -2.22. The van der Waals surface area contributed by atoms with Crippen molar-refractivity contribution in [3.8, 4) is 0 Å². The van der Waals surface area contributed by atoms with Crippen LogP contribution < -0.4 is 10.6 Å². The van der Waals surface area contributed by atoms with Crippen LogP contribution in [0, 0.1) is 0 Å². The SMILES string of the molecule is O=C(O)CC(c1cccnc1)[S+]([O-])c1ccccc1NC(=O)c1cccc(Nc2ccccn2)c1. The number of rotatable bonds is 9. The fraction of sp³-hybridized carbons (Fsp3) is 0.0769. The predicted molar refractivity (Wildman–Crippen MR) is 134 cm³/mol. The first-order valence-corrected chi connectivity index (χ1v) is 11.9. The van der Waals surface area contributed by atoms with Gasteiger partial charge in [-0.25, -0.2) is 4.98 Å². The van der Waals surface area contributed by atoms with E-state index in [-0.39, 0.29) is 6.42 Å². The first-order chi connectivity index (χ1) is 17.0. The molecular formula is C26H22N4O4S. The molecule has 0 aliphatic rings. The third-order valence-electron chi connectivity index (χ3n) is 5.09. The zero-order valence-electron chi connectivity index (χ0n) is 18.5. The summed E-state index contributed by atoms with van der Waals surface area (Å²) >= 11 is -1.76. The van der Waals surface area contributed by atoms with Crippen LogP contribution in [0.3, 0.4) is 0 Å². The molecule has 0 radical (unpaired) electrons. The van der Waals surface area contributed by atoms with E-state index in [0.29, 0.717) is 33.2 Å². The van der Waals surface area contributed by atoms with E-state index in [2.05, 4.69) is 20.6 Å². The first kappa shape index (κ1) is 23.9. The van der Waals surface area contributed by atoms with Gasteiger partial charge in [-0.05, 0) is 59.7 Å². The number of para-hydroxylation sites is 1. The molecule has 4 rings (SSSR count). The van der Waals surface area contributed by atoms with Crippen molar-refractivity contribution in [3.05, 3.63) is 109 Å². The lowest BCUT2D eigenvalue weighted by atomic mass is 10.1. The number of carboxylic acids is 1. The maximum atomic E-state index is 13.5. The molecule has 0 aliphatic carbocycles. The highest BCUT2D eigenvalue weighted by molar-refractivity contribution is 7.91. The Labute approximate surface area is 205 Å². The Bertz CT molecular complexity index is 1310. The van der Waals surface area contributed by atoms with Crippen LogP contribution in [0.2, 0.25) is 0 Å². The molecular weight excluding hydrogens is 464 g/mol. The summed E-state index contributed by atoms with van der Waals surface area (Å²) in [6.45, 7) is 0. The van der Waals surface area contributed by atoms with Gasteiger partial charge < -0.3 is 20.3 Å². The summed E-state index contributed by atoms with van der Waals surface area (Å²) in [5.74, 6) is -0.827. The zero-order chi connectivity index (χ0) is 24.6. The van der Waals surface area contributed by atoms with E-state index in [0.717, 1.165) is 0 Å². The molecule has 4 aromatic rings. The summed E-state index contributed by atoms with van der Waals surface area (Å²) in [6.07, 6.45) is 4.39. The Kier molecular flexibility index (Phi) is 7.71. The van der Waals surface area contributed by atoms with Crippen molar-refractivity contribution in [2.45, 2.75) is 16.6 Å². The molecule has 0 fully saturated rings. The molecule has 8 nitrogen and oxygen atoms in total. The van der Waals surface area contributed by atoms with Crippen LogP contribution in [0.1, 0.15) is 27.6 Å². The number of aromatic nitrogens is 2. The Morgan fingerprint density at radius 1 is 0.971 bits per heavy atom. The van der Waals surface area contributed by atoms with Gasteiger partial charge in [-0.15, -0.1) is 0 Å². The number of hydrogen-bond donors (Lipinski definition) is 3. The first-order valence-electron chi connectivity index (χ1n) is 10.7. The number of nitrogens with zero attached hydrogens (tertiary/aromatic N) is 2. The number of amides is 1. The third-order valence-corrected chi connectivity index (χ3v) is 6.83. The second kappa shape index (κ2) is 11.3. The molecule has 0 spiro atoms. The Balaban J connectivity index is 1.57. The number of pyridine rings is 2. The predicted octanol–water partition coefficient (Wildman–Crippen LogP) is 4.80. The normalized spacial score (nSPS) is 12.4. The minimum atomic E-state index is -1.76. The molecule has 2 unspecified atom stereocenters. The highest BCUT2D eigenvalue weighted by Gasteiger charge is 2.31. The summed E-state index contributed by atoms with van der Waals surface area (Å²) in [4.78, 5) is 33.1. The van der Waals surface area contributed by atoms with Crippen molar-refractivity contribution in [3.63, 3.8) is 0 Å². The molecule has 3 N–H and O–H groups in total. The van der Waals surface area contributed by atoms with Crippen LogP contribution in [-0.4, -0.2) is 31.5 Å². The van der Waals surface area contributed by atoms with Crippen molar-refractivity contribution in [1.29, 1.82) is 0 Å². The van der Waals surface area contributed by atoms with Gasteiger partial charge in [-0.1, -0.05) is 30.3 Å². The standard InChI is InChI=1S/C26H22N4O4S/c31-25(32)16-23(19-8-6-13-27-17-19)35(34)22-11-2-1-10-21(22)30-26(33)18-7-5-9-20(15-18)29-24-12-3-4-14-28-24/h1-15,17,23H,16H2,(H,28,29)(H,30,33)(H,31,32). The minimum Gasteiger partial charge on any atom is -0.611 e. The Morgan fingerprint density at radius 2 is 1.80 bits per heavy atom. The van der Waals surface area contributed by atoms with Gasteiger partial charge in [0, 0.05) is 35.4 Å². The van der Waals surface area contributed by atoms with Crippen LogP contribution in [0.15, 0.2) is 102 Å². The van der Waals surface area contributed by atoms with E-state index in [1.807, 2.05) is 24.3 Å². The molecule has 0 saturated carbocycles. The monoisotopic (exact) mass is 486 g/mol. The summed E-state index contributed by atoms with van der Waals surface area (Å²) < 4.78 is 13.5. The molecule has 0 saturated heterocycles. The zero-order valence-corrected chi connectivity index (χ0v) is 19.3. The third kappa shape index (κ3) is 6.23. The largest absolute Gasteiger partial charge is 0.611 e. The van der Waals surface area contributed by atoms with Crippen molar-refractivity contribution in [1.82, 2.24) is 9.97 Å². The van der Waals surface area contributed by atoms with E-state index in [9.17, 15) is 19.2 Å². The van der Waals surface area contributed by atoms with E-state index in [4.69, 9.17) is 0 Å². The number of carbonyl (C=O) groups excluding carboxylic acids is 1. The Morgan fingerprint density at radius 3 is 2.54 bits per heavy atom. The second-order valence-electron chi connectivity index (χ2n) is 7.54. The molecule has 1 amide bonds. The van der Waals surface area contributed by atoms with Crippen LogP contribution in [0.4, 0.5) is 17.2 Å². The molecule has 2 atom stereocenters. The number of carboxylic acid groups (broad SMARTS) is 1. The van der Waals surface area contributed by atoms with Gasteiger partial charge in [0.25, 0.3) is 5.91 Å². The average molecular weight is 487 g/mol. The van der Waals surface area contributed by atoms with Gasteiger partial charge in [0.15, 0.2) is 10.1 Å². The van der Waals surface area contributed by atoms with Gasteiger partial charge in [0.05, 0.1) is 12.1 Å². The molecule has 176 valence electrons. The van der Waals surface area contributed by atoms with Gasteiger partial charge in [0.1, 0.15) is 5.82 Å². The summed E-state index contributed by atoms with van der Waals surface area (Å²) in [5.41, 5.74) is 1.97. The summed E-state index contributed by atoms with van der Waals surface area (Å²) in [5, 5.41) is 14.5. The van der Waals surface area contributed by atoms with Crippen LogP contribution in [0.25, 0.3) is 0 Å². The molecule has 2 aromatic heterocycles. The van der Waals surface area contributed by atoms with E-state index < -0.39 is 28.3 Å². The smallest absolute Gasteiger partial charge is 0.308 e. The number of benzene rings is 2. The summed E-state index contributed by atoms with van der Waals surface area (Å²) in [6, 6.07) is 22.4. The van der Waals surface area contributed by atoms with Crippen LogP contribution >= 0.6 is 0 Å². The van der Waals surface area contributed by atoms with E-state index >= 15 is 0 Å². The molecule has 0 bridgehead atoms. The molecule has 2 aromatic carbocycles. The number of aliphatic carboxylic acids is 1. The maximum absolute atomic E-state index is 13.5. The highest BCUT2D eigenvalue weighted by atomic mass is 32.2. The Hall–Kier alpha value is -4.21. The molecule has 9 heteroatoms. The molecule has 0 aliphatic heterocycles. The lowest BCUT2D eigenvalue weighted by Crippen LogP contribution is -2.20. The van der Waals surface area contributed by atoms with Crippen molar-refractivity contribution >= 4 is 40.2 Å².